The molecule has 9 heteroatoms. The highest BCUT2D eigenvalue weighted by Crippen LogP contribution is 2.30. The highest BCUT2D eigenvalue weighted by molar-refractivity contribution is 7.89. The number of fused-ring (bicyclic) bond motifs is 2. The predicted octanol–water partition coefficient (Wildman–Crippen LogP) is 3.89. The number of unbranched alkanes of at least 4 members (excludes halogenated alkanes) is 2. The lowest BCUT2D eigenvalue weighted by Crippen LogP contribution is -2.24. The van der Waals surface area contributed by atoms with Crippen LogP contribution in [0.1, 0.15) is 19.3 Å². The Bertz CT molecular complexity index is 1440. The lowest BCUT2D eigenvalue weighted by atomic mass is 10.1. The number of rotatable bonds is 9. The Morgan fingerprint density at radius 2 is 1.67 bits per heavy atom. The number of para-hydroxylation sites is 1. The number of hydrogen-bond donors (Lipinski definition) is 3. The van der Waals surface area contributed by atoms with E-state index in [1.54, 1.807) is 30.3 Å². The third kappa shape index (κ3) is 5.10. The highest BCUT2D eigenvalue weighted by atomic mass is 32.2. The average molecular weight is 470 g/mol. The van der Waals surface area contributed by atoms with Gasteiger partial charge in [-0.2, -0.15) is 0 Å². The minimum absolute atomic E-state index is 0.00386. The fourth-order valence-electron chi connectivity index (χ4n) is 3.47. The topological polar surface area (TPSA) is 126 Å². The number of sulfonamides is 1. The summed E-state index contributed by atoms with van der Waals surface area (Å²) in [5.74, 6) is 0.182. The zero-order chi connectivity index (χ0) is 23.4. The van der Waals surface area contributed by atoms with Gasteiger partial charge in [0.05, 0.1) is 16.9 Å². The molecule has 1 aromatic heterocycles. The van der Waals surface area contributed by atoms with Gasteiger partial charge in [0, 0.05) is 18.7 Å². The summed E-state index contributed by atoms with van der Waals surface area (Å²) in [6.07, 6.45) is 2.00. The van der Waals surface area contributed by atoms with E-state index >= 15 is 0 Å². The Kier molecular flexibility index (Phi) is 6.52. The van der Waals surface area contributed by atoms with Crippen molar-refractivity contribution in [2.45, 2.75) is 24.2 Å². The standard InChI is InChI=1S/C24H23NO7S/c26-16-8-10-18(11-9-16)33(29,30)25-12-4-1-5-13-31-17-14-20(27)23-22(15-17)32-21-7-3-2-6-19(21)24(23)28/h2-3,6-11,14-15,25-27H,1,4-5,12-13H2. The number of aromatic hydroxyl groups is 2. The molecule has 3 N–H and O–H groups in total. The number of phenols is 2. The Balaban J connectivity index is 1.29. The number of phenolic OH excluding ortho intramolecular Hbond substituents is 2. The van der Waals surface area contributed by atoms with Gasteiger partial charge in [-0.05, 0) is 55.7 Å². The molecule has 0 aliphatic rings. The van der Waals surface area contributed by atoms with E-state index in [2.05, 4.69) is 4.72 Å². The molecule has 3 aromatic carbocycles. The van der Waals surface area contributed by atoms with Crippen molar-refractivity contribution in [2.24, 2.45) is 0 Å². The molecule has 4 aromatic rings. The molecular weight excluding hydrogens is 446 g/mol. The van der Waals surface area contributed by atoms with E-state index in [1.165, 1.54) is 30.3 Å². The van der Waals surface area contributed by atoms with Crippen molar-refractivity contribution >= 4 is 32.0 Å². The summed E-state index contributed by atoms with van der Waals surface area (Å²) < 4.78 is 38.4. The molecular formula is C24H23NO7S. The number of nitrogens with one attached hydrogen (secondary N) is 1. The van der Waals surface area contributed by atoms with Gasteiger partial charge in [0.15, 0.2) is 0 Å². The number of ether oxygens (including phenoxy) is 1. The first-order valence-electron chi connectivity index (χ1n) is 10.5. The normalized spacial score (nSPS) is 11.8. The van der Waals surface area contributed by atoms with Gasteiger partial charge in [0.25, 0.3) is 0 Å². The second-order valence-electron chi connectivity index (χ2n) is 7.54. The van der Waals surface area contributed by atoms with E-state index in [4.69, 9.17) is 9.15 Å². The van der Waals surface area contributed by atoms with Crippen molar-refractivity contribution in [3.8, 4) is 17.2 Å². The molecule has 0 radical (unpaired) electrons. The summed E-state index contributed by atoms with van der Waals surface area (Å²) in [7, 11) is -3.61. The highest BCUT2D eigenvalue weighted by Gasteiger charge is 2.14. The van der Waals surface area contributed by atoms with Gasteiger partial charge in [-0.15, -0.1) is 0 Å². The molecule has 0 unspecified atom stereocenters. The quantitative estimate of drug-likeness (QED) is 0.251. The van der Waals surface area contributed by atoms with Gasteiger partial charge in [0.2, 0.25) is 15.5 Å². The van der Waals surface area contributed by atoms with Crippen LogP contribution in [-0.4, -0.2) is 31.8 Å². The second-order valence-corrected chi connectivity index (χ2v) is 9.31. The molecule has 8 nitrogen and oxygen atoms in total. The summed E-state index contributed by atoms with van der Waals surface area (Å²) in [4.78, 5) is 12.7. The molecule has 172 valence electrons. The third-order valence-corrected chi connectivity index (χ3v) is 6.64. The molecule has 4 rings (SSSR count). The van der Waals surface area contributed by atoms with Crippen LogP contribution in [0, 0.1) is 0 Å². The van der Waals surface area contributed by atoms with Crippen molar-refractivity contribution in [3.05, 3.63) is 70.9 Å². The van der Waals surface area contributed by atoms with Crippen LogP contribution >= 0.6 is 0 Å². The first kappa shape index (κ1) is 22.6. The summed E-state index contributed by atoms with van der Waals surface area (Å²) in [6.45, 7) is 0.631. The van der Waals surface area contributed by atoms with Crippen LogP contribution in [0.15, 0.2) is 74.8 Å². The SMILES string of the molecule is O=c1c2ccccc2oc2cc(OCCCCCNS(=O)(=O)c3ccc(O)cc3)cc(O)c12. The molecule has 0 amide bonds. The van der Waals surface area contributed by atoms with Gasteiger partial charge in [-0.1, -0.05) is 12.1 Å². The lowest BCUT2D eigenvalue weighted by molar-refractivity contribution is 0.304. The maximum atomic E-state index is 12.6. The maximum absolute atomic E-state index is 12.6. The van der Waals surface area contributed by atoms with Gasteiger partial charge in [0.1, 0.15) is 33.8 Å². The minimum atomic E-state index is -3.61. The van der Waals surface area contributed by atoms with Crippen LogP contribution in [0.3, 0.4) is 0 Å². The zero-order valence-electron chi connectivity index (χ0n) is 17.7. The average Bonchev–Trinajstić information content (AvgIpc) is 2.78. The Morgan fingerprint density at radius 3 is 2.45 bits per heavy atom. The molecule has 1 heterocycles. The summed E-state index contributed by atoms with van der Waals surface area (Å²) >= 11 is 0. The smallest absolute Gasteiger partial charge is 0.240 e. The van der Waals surface area contributed by atoms with Crippen LogP contribution in [0.4, 0.5) is 0 Å². The first-order valence-corrected chi connectivity index (χ1v) is 11.9. The van der Waals surface area contributed by atoms with Gasteiger partial charge in [-0.3, -0.25) is 4.79 Å². The van der Waals surface area contributed by atoms with Gasteiger partial charge in [-0.25, -0.2) is 13.1 Å². The van der Waals surface area contributed by atoms with Crippen LogP contribution in [-0.2, 0) is 10.0 Å². The monoisotopic (exact) mass is 469 g/mol. The van der Waals surface area contributed by atoms with Gasteiger partial charge >= 0.3 is 0 Å². The van der Waals surface area contributed by atoms with Crippen molar-refractivity contribution < 1.29 is 27.8 Å². The van der Waals surface area contributed by atoms with Crippen LogP contribution < -0.4 is 14.9 Å². The molecule has 0 fully saturated rings. The summed E-state index contributed by atoms with van der Waals surface area (Å²) in [5, 5.41) is 20.1. The van der Waals surface area contributed by atoms with Crippen molar-refractivity contribution in [2.75, 3.05) is 13.2 Å². The maximum Gasteiger partial charge on any atom is 0.240 e. The largest absolute Gasteiger partial charge is 0.508 e. The molecule has 0 bridgehead atoms. The van der Waals surface area contributed by atoms with Crippen LogP contribution in [0.2, 0.25) is 0 Å². The summed E-state index contributed by atoms with van der Waals surface area (Å²) in [6, 6.07) is 15.1. The Hall–Kier alpha value is -3.56. The summed E-state index contributed by atoms with van der Waals surface area (Å²) in [5.41, 5.74) is 0.379. The first-order chi connectivity index (χ1) is 15.8. The molecule has 0 saturated carbocycles. The van der Waals surface area contributed by atoms with Gasteiger partial charge < -0.3 is 19.4 Å². The molecule has 0 spiro atoms. The minimum Gasteiger partial charge on any atom is -0.508 e. The van der Waals surface area contributed by atoms with Crippen molar-refractivity contribution in [1.82, 2.24) is 4.72 Å². The van der Waals surface area contributed by atoms with E-state index < -0.39 is 10.0 Å². The molecule has 0 aliphatic heterocycles. The second kappa shape index (κ2) is 9.51. The van der Waals surface area contributed by atoms with Crippen LogP contribution in [0.25, 0.3) is 21.9 Å². The molecule has 0 saturated heterocycles. The fraction of sp³-hybridized carbons (Fsp3) is 0.208. The zero-order valence-corrected chi connectivity index (χ0v) is 18.5. The van der Waals surface area contributed by atoms with Crippen LogP contribution in [0.5, 0.6) is 17.2 Å². The molecule has 0 atom stereocenters. The van der Waals surface area contributed by atoms with E-state index in [-0.39, 0.29) is 39.3 Å². The molecule has 33 heavy (non-hydrogen) atoms. The lowest BCUT2D eigenvalue weighted by Gasteiger charge is -2.09. The number of benzene rings is 3. The van der Waals surface area contributed by atoms with E-state index in [0.717, 1.165) is 6.42 Å². The van der Waals surface area contributed by atoms with E-state index in [9.17, 15) is 23.4 Å². The Morgan fingerprint density at radius 1 is 0.909 bits per heavy atom. The third-order valence-electron chi connectivity index (χ3n) is 5.16. The fourth-order valence-corrected chi connectivity index (χ4v) is 4.55. The van der Waals surface area contributed by atoms with E-state index in [0.29, 0.717) is 36.2 Å². The number of hydrogen-bond acceptors (Lipinski definition) is 7. The Labute approximate surface area is 190 Å². The van der Waals surface area contributed by atoms with Crippen molar-refractivity contribution in [1.29, 1.82) is 0 Å². The van der Waals surface area contributed by atoms with Crippen molar-refractivity contribution in [3.63, 3.8) is 0 Å². The van der Waals surface area contributed by atoms with E-state index in [1.807, 2.05) is 0 Å². The predicted molar refractivity (Wildman–Crippen MR) is 124 cm³/mol. The molecule has 0 aliphatic carbocycles.